The number of hydrogen-bond donors (Lipinski definition) is 2. The number of hydrogen-bond acceptors (Lipinski definition) is 3. The highest BCUT2D eigenvalue weighted by Crippen LogP contribution is 2.22. The van der Waals surface area contributed by atoms with Crippen LogP contribution in [-0.4, -0.2) is 18.6 Å². The van der Waals surface area contributed by atoms with Gasteiger partial charge in [-0.25, -0.2) is 0 Å². The SMILES string of the molecule is CCOc1ccc(NC(=O)C(N)C(C)CC)c(C)c1. The van der Waals surface area contributed by atoms with Gasteiger partial charge in [-0.15, -0.1) is 0 Å². The van der Waals surface area contributed by atoms with Crippen LogP contribution in [0.25, 0.3) is 0 Å². The first kappa shape index (κ1) is 15.5. The molecule has 1 rings (SSSR count). The van der Waals surface area contributed by atoms with Gasteiger partial charge in [0.05, 0.1) is 12.6 Å². The van der Waals surface area contributed by atoms with E-state index in [4.69, 9.17) is 10.5 Å². The maximum Gasteiger partial charge on any atom is 0.241 e. The van der Waals surface area contributed by atoms with E-state index in [-0.39, 0.29) is 11.8 Å². The van der Waals surface area contributed by atoms with E-state index in [9.17, 15) is 4.79 Å². The zero-order chi connectivity index (χ0) is 14.4. The van der Waals surface area contributed by atoms with Crippen LogP contribution in [0.1, 0.15) is 32.8 Å². The Labute approximate surface area is 115 Å². The largest absolute Gasteiger partial charge is 0.494 e. The van der Waals surface area contributed by atoms with Gasteiger partial charge in [0.2, 0.25) is 5.91 Å². The molecule has 0 aliphatic heterocycles. The first-order valence-electron chi connectivity index (χ1n) is 6.79. The van der Waals surface area contributed by atoms with Crippen molar-refractivity contribution in [1.82, 2.24) is 0 Å². The molecule has 0 radical (unpaired) electrons. The smallest absolute Gasteiger partial charge is 0.241 e. The number of rotatable bonds is 6. The summed E-state index contributed by atoms with van der Waals surface area (Å²) in [6, 6.07) is 5.13. The van der Waals surface area contributed by atoms with E-state index in [2.05, 4.69) is 5.32 Å². The van der Waals surface area contributed by atoms with Gasteiger partial charge in [-0.1, -0.05) is 20.3 Å². The molecule has 0 aromatic heterocycles. The fourth-order valence-electron chi connectivity index (χ4n) is 1.76. The number of aryl methyl sites for hydroxylation is 1. The van der Waals surface area contributed by atoms with E-state index in [1.165, 1.54) is 0 Å². The van der Waals surface area contributed by atoms with Crippen molar-refractivity contribution in [3.8, 4) is 5.75 Å². The van der Waals surface area contributed by atoms with Gasteiger partial charge in [0, 0.05) is 5.69 Å². The topological polar surface area (TPSA) is 64.3 Å². The summed E-state index contributed by atoms with van der Waals surface area (Å²) in [6.07, 6.45) is 0.886. The monoisotopic (exact) mass is 264 g/mol. The summed E-state index contributed by atoms with van der Waals surface area (Å²) in [6.45, 7) is 8.52. The van der Waals surface area contributed by atoms with Gasteiger partial charge in [0.15, 0.2) is 0 Å². The number of carbonyl (C=O) groups excluding carboxylic acids is 1. The van der Waals surface area contributed by atoms with Crippen LogP contribution < -0.4 is 15.8 Å². The molecule has 0 bridgehead atoms. The average molecular weight is 264 g/mol. The summed E-state index contributed by atoms with van der Waals surface area (Å²) >= 11 is 0. The number of ether oxygens (including phenoxy) is 1. The predicted molar refractivity (Wildman–Crippen MR) is 78.4 cm³/mol. The second kappa shape index (κ2) is 7.14. The van der Waals surface area contributed by atoms with Crippen LogP contribution in [0.3, 0.4) is 0 Å². The van der Waals surface area contributed by atoms with Gasteiger partial charge in [0.25, 0.3) is 0 Å². The lowest BCUT2D eigenvalue weighted by atomic mass is 9.99. The third-order valence-corrected chi connectivity index (χ3v) is 3.33. The predicted octanol–water partition coefficient (Wildman–Crippen LogP) is 2.71. The number of nitrogens with one attached hydrogen (secondary N) is 1. The lowest BCUT2D eigenvalue weighted by molar-refractivity contribution is -0.118. The van der Waals surface area contributed by atoms with E-state index in [0.29, 0.717) is 6.61 Å². The standard InChI is InChI=1S/C15H24N2O2/c1-5-10(3)14(16)15(18)17-13-8-7-12(19-6-2)9-11(13)4/h7-10,14H,5-6,16H2,1-4H3,(H,17,18). The van der Waals surface area contributed by atoms with Crippen LogP contribution in [0, 0.1) is 12.8 Å². The van der Waals surface area contributed by atoms with Crippen molar-refractivity contribution < 1.29 is 9.53 Å². The second-order valence-electron chi connectivity index (χ2n) is 4.81. The van der Waals surface area contributed by atoms with E-state index >= 15 is 0 Å². The van der Waals surface area contributed by atoms with Crippen LogP contribution in [0.15, 0.2) is 18.2 Å². The summed E-state index contributed by atoms with van der Waals surface area (Å²) < 4.78 is 5.41. The minimum absolute atomic E-state index is 0.137. The van der Waals surface area contributed by atoms with Crippen LogP contribution in [0.2, 0.25) is 0 Å². The molecule has 0 aliphatic carbocycles. The van der Waals surface area contributed by atoms with Gasteiger partial charge < -0.3 is 15.8 Å². The summed E-state index contributed by atoms with van der Waals surface area (Å²) in [5.74, 6) is 0.842. The number of carbonyl (C=O) groups is 1. The van der Waals surface area contributed by atoms with Gasteiger partial charge in [-0.3, -0.25) is 4.79 Å². The van der Waals surface area contributed by atoms with Crippen molar-refractivity contribution in [3.63, 3.8) is 0 Å². The minimum Gasteiger partial charge on any atom is -0.494 e. The molecule has 2 atom stereocenters. The van der Waals surface area contributed by atoms with Crippen molar-refractivity contribution in [3.05, 3.63) is 23.8 Å². The Morgan fingerprint density at radius 1 is 1.42 bits per heavy atom. The number of anilines is 1. The first-order valence-corrected chi connectivity index (χ1v) is 6.79. The molecule has 1 aromatic rings. The summed E-state index contributed by atoms with van der Waals surface area (Å²) in [4.78, 5) is 12.0. The van der Waals surface area contributed by atoms with Crippen LogP contribution >= 0.6 is 0 Å². The molecule has 106 valence electrons. The molecule has 0 fully saturated rings. The fourth-order valence-corrected chi connectivity index (χ4v) is 1.76. The third kappa shape index (κ3) is 4.24. The van der Waals surface area contributed by atoms with Crippen molar-refractivity contribution in [2.45, 2.75) is 40.2 Å². The maximum absolute atomic E-state index is 12.0. The average Bonchev–Trinajstić information content (AvgIpc) is 2.40. The van der Waals surface area contributed by atoms with E-state index in [1.54, 1.807) is 0 Å². The molecule has 0 saturated heterocycles. The van der Waals surface area contributed by atoms with Crippen molar-refractivity contribution in [2.75, 3.05) is 11.9 Å². The van der Waals surface area contributed by atoms with Crippen molar-refractivity contribution >= 4 is 11.6 Å². The Morgan fingerprint density at radius 2 is 2.11 bits per heavy atom. The Morgan fingerprint density at radius 3 is 2.63 bits per heavy atom. The Kier molecular flexibility index (Phi) is 5.83. The Balaban J connectivity index is 2.74. The highest BCUT2D eigenvalue weighted by Gasteiger charge is 2.19. The van der Waals surface area contributed by atoms with Crippen LogP contribution in [0.5, 0.6) is 5.75 Å². The molecule has 0 spiro atoms. The quantitative estimate of drug-likeness (QED) is 0.830. The Bertz CT molecular complexity index is 432. The zero-order valence-electron chi connectivity index (χ0n) is 12.2. The number of nitrogens with two attached hydrogens (primary N) is 1. The molecule has 4 heteroatoms. The summed E-state index contributed by atoms with van der Waals surface area (Å²) in [5, 5.41) is 2.88. The fraction of sp³-hybridized carbons (Fsp3) is 0.533. The van der Waals surface area contributed by atoms with Gasteiger partial charge in [-0.05, 0) is 43.5 Å². The molecule has 1 amide bonds. The van der Waals surface area contributed by atoms with Gasteiger partial charge in [0.1, 0.15) is 5.75 Å². The molecule has 0 saturated carbocycles. The zero-order valence-corrected chi connectivity index (χ0v) is 12.2. The van der Waals surface area contributed by atoms with Crippen molar-refractivity contribution in [1.29, 1.82) is 0 Å². The highest BCUT2D eigenvalue weighted by atomic mass is 16.5. The third-order valence-electron chi connectivity index (χ3n) is 3.33. The van der Waals surface area contributed by atoms with Gasteiger partial charge >= 0.3 is 0 Å². The summed E-state index contributed by atoms with van der Waals surface area (Å²) in [5.41, 5.74) is 7.66. The van der Waals surface area contributed by atoms with E-state index in [0.717, 1.165) is 23.4 Å². The number of benzene rings is 1. The molecule has 2 unspecified atom stereocenters. The molecular formula is C15H24N2O2. The van der Waals surface area contributed by atoms with Crippen molar-refractivity contribution in [2.24, 2.45) is 11.7 Å². The Hall–Kier alpha value is -1.55. The van der Waals surface area contributed by atoms with E-state index < -0.39 is 6.04 Å². The molecular weight excluding hydrogens is 240 g/mol. The van der Waals surface area contributed by atoms with Crippen LogP contribution in [0.4, 0.5) is 5.69 Å². The molecule has 1 aromatic carbocycles. The maximum atomic E-state index is 12.0. The highest BCUT2D eigenvalue weighted by molar-refractivity contribution is 5.95. The molecule has 4 nitrogen and oxygen atoms in total. The second-order valence-corrected chi connectivity index (χ2v) is 4.81. The molecule has 0 heterocycles. The lowest BCUT2D eigenvalue weighted by Gasteiger charge is -2.18. The van der Waals surface area contributed by atoms with Crippen LogP contribution in [-0.2, 0) is 4.79 Å². The molecule has 19 heavy (non-hydrogen) atoms. The molecule has 3 N–H and O–H groups in total. The number of amides is 1. The molecule has 0 aliphatic rings. The van der Waals surface area contributed by atoms with Gasteiger partial charge in [-0.2, -0.15) is 0 Å². The lowest BCUT2D eigenvalue weighted by Crippen LogP contribution is -2.40. The normalized spacial score (nSPS) is 13.7. The first-order chi connectivity index (χ1) is 8.99. The summed E-state index contributed by atoms with van der Waals surface area (Å²) in [7, 11) is 0. The van der Waals surface area contributed by atoms with E-state index in [1.807, 2.05) is 45.9 Å². The minimum atomic E-state index is -0.476.